The van der Waals surface area contributed by atoms with Crippen molar-refractivity contribution in [1.29, 1.82) is 0 Å². The van der Waals surface area contributed by atoms with Crippen molar-refractivity contribution in [3.8, 4) is 0 Å². The van der Waals surface area contributed by atoms with E-state index in [1.165, 1.54) is 18.4 Å². The van der Waals surface area contributed by atoms with Crippen LogP contribution in [0.5, 0.6) is 0 Å². The summed E-state index contributed by atoms with van der Waals surface area (Å²) in [5.41, 5.74) is 8.16. The van der Waals surface area contributed by atoms with Gasteiger partial charge in [-0.15, -0.1) is 0 Å². The van der Waals surface area contributed by atoms with Gasteiger partial charge in [0.2, 0.25) is 0 Å². The third-order valence-corrected chi connectivity index (χ3v) is 3.62. The first-order chi connectivity index (χ1) is 7.02. The van der Waals surface area contributed by atoms with Gasteiger partial charge >= 0.3 is 0 Å². The first-order valence-electron chi connectivity index (χ1n) is 5.86. The Hall–Kier alpha value is -0.820. The molecule has 1 atom stereocenters. The Kier molecular flexibility index (Phi) is 2.59. The maximum Gasteiger partial charge on any atom is 0.0414 e. The molecule has 0 bridgehead atoms. The lowest BCUT2D eigenvalue weighted by Crippen LogP contribution is -2.44. The van der Waals surface area contributed by atoms with Gasteiger partial charge < -0.3 is 5.73 Å². The zero-order valence-corrected chi connectivity index (χ0v) is 9.79. The van der Waals surface area contributed by atoms with E-state index in [2.05, 4.69) is 44.2 Å². The summed E-state index contributed by atoms with van der Waals surface area (Å²) in [6, 6.07) is 10.6. The highest BCUT2D eigenvalue weighted by Crippen LogP contribution is 2.44. The predicted molar refractivity (Wildman–Crippen MR) is 64.6 cm³/mol. The molecule has 0 aliphatic heterocycles. The van der Waals surface area contributed by atoms with Gasteiger partial charge in [-0.1, -0.05) is 50.6 Å². The molecule has 1 nitrogen and oxygen atoms in total. The van der Waals surface area contributed by atoms with Crippen LogP contribution in [0, 0.1) is 5.41 Å². The number of nitrogens with two attached hydrogens (primary N) is 1. The van der Waals surface area contributed by atoms with Crippen molar-refractivity contribution in [2.45, 2.75) is 45.1 Å². The van der Waals surface area contributed by atoms with Crippen LogP contribution in [0.1, 0.15) is 45.1 Å². The van der Waals surface area contributed by atoms with E-state index in [4.69, 9.17) is 5.73 Å². The van der Waals surface area contributed by atoms with Gasteiger partial charge in [-0.2, -0.15) is 0 Å². The predicted octanol–water partition coefficient (Wildman–Crippen LogP) is 3.44. The van der Waals surface area contributed by atoms with Gasteiger partial charge in [0.25, 0.3) is 0 Å². The third-order valence-electron chi connectivity index (χ3n) is 3.62. The molecule has 0 spiro atoms. The summed E-state index contributed by atoms with van der Waals surface area (Å²) < 4.78 is 0. The van der Waals surface area contributed by atoms with E-state index >= 15 is 0 Å². The molecule has 1 aromatic carbocycles. The fraction of sp³-hybridized carbons (Fsp3) is 0.571. The van der Waals surface area contributed by atoms with Crippen molar-refractivity contribution >= 4 is 0 Å². The SMILES string of the molecule is CC1(C)CCCC(N)(c2ccccc2)C1. The average molecular weight is 203 g/mol. The van der Waals surface area contributed by atoms with Crippen LogP contribution in [-0.2, 0) is 5.54 Å². The maximum atomic E-state index is 6.56. The summed E-state index contributed by atoms with van der Waals surface area (Å²) in [7, 11) is 0. The van der Waals surface area contributed by atoms with Gasteiger partial charge in [0, 0.05) is 5.54 Å². The van der Waals surface area contributed by atoms with E-state index < -0.39 is 0 Å². The lowest BCUT2D eigenvalue weighted by atomic mass is 9.66. The molecular weight excluding hydrogens is 182 g/mol. The molecule has 2 N–H and O–H groups in total. The fourth-order valence-electron chi connectivity index (χ4n) is 2.93. The molecule has 2 rings (SSSR count). The molecule has 15 heavy (non-hydrogen) atoms. The Morgan fingerprint density at radius 3 is 2.33 bits per heavy atom. The van der Waals surface area contributed by atoms with Crippen molar-refractivity contribution in [3.05, 3.63) is 35.9 Å². The van der Waals surface area contributed by atoms with Crippen LogP contribution in [0.4, 0.5) is 0 Å². The molecule has 0 aromatic heterocycles. The van der Waals surface area contributed by atoms with Crippen molar-refractivity contribution < 1.29 is 0 Å². The second-order valence-corrected chi connectivity index (χ2v) is 5.72. The molecule has 1 saturated carbocycles. The Morgan fingerprint density at radius 1 is 1.07 bits per heavy atom. The number of benzene rings is 1. The van der Waals surface area contributed by atoms with E-state index in [-0.39, 0.29) is 5.54 Å². The second-order valence-electron chi connectivity index (χ2n) is 5.72. The van der Waals surface area contributed by atoms with Gasteiger partial charge in [0.15, 0.2) is 0 Å². The molecule has 0 amide bonds. The van der Waals surface area contributed by atoms with Gasteiger partial charge in [-0.05, 0) is 30.2 Å². The normalized spacial score (nSPS) is 30.1. The number of hydrogen-bond donors (Lipinski definition) is 1. The number of rotatable bonds is 1. The van der Waals surface area contributed by atoms with Crippen LogP contribution in [0.3, 0.4) is 0 Å². The highest BCUT2D eigenvalue weighted by atomic mass is 14.8. The Labute approximate surface area is 92.7 Å². The molecule has 1 unspecified atom stereocenters. The highest BCUT2D eigenvalue weighted by molar-refractivity contribution is 5.25. The molecule has 1 aromatic rings. The van der Waals surface area contributed by atoms with E-state index in [9.17, 15) is 0 Å². The van der Waals surface area contributed by atoms with Crippen LogP contribution in [0.2, 0.25) is 0 Å². The average Bonchev–Trinajstić information content (AvgIpc) is 2.17. The molecule has 82 valence electrons. The summed E-state index contributed by atoms with van der Waals surface area (Å²) in [6.45, 7) is 4.66. The van der Waals surface area contributed by atoms with Crippen LogP contribution < -0.4 is 5.73 Å². The minimum atomic E-state index is -0.0942. The summed E-state index contributed by atoms with van der Waals surface area (Å²) in [6.07, 6.45) is 4.78. The van der Waals surface area contributed by atoms with E-state index in [0.29, 0.717) is 5.41 Å². The van der Waals surface area contributed by atoms with Crippen LogP contribution in [-0.4, -0.2) is 0 Å². The summed E-state index contributed by atoms with van der Waals surface area (Å²) in [5.74, 6) is 0. The molecule has 1 aliphatic rings. The molecule has 0 radical (unpaired) electrons. The van der Waals surface area contributed by atoms with Crippen molar-refractivity contribution in [2.75, 3.05) is 0 Å². The Bertz CT molecular complexity index is 328. The summed E-state index contributed by atoms with van der Waals surface area (Å²) in [4.78, 5) is 0. The molecule has 1 fully saturated rings. The minimum absolute atomic E-state index is 0.0942. The second kappa shape index (κ2) is 3.64. The zero-order valence-electron chi connectivity index (χ0n) is 9.79. The first kappa shape index (κ1) is 10.7. The third kappa shape index (κ3) is 2.23. The van der Waals surface area contributed by atoms with Gasteiger partial charge in [-0.25, -0.2) is 0 Å². The zero-order chi connectivity index (χ0) is 10.9. The summed E-state index contributed by atoms with van der Waals surface area (Å²) >= 11 is 0. The molecule has 1 heteroatoms. The maximum absolute atomic E-state index is 6.56. The Balaban J connectivity index is 2.27. The Morgan fingerprint density at radius 2 is 1.73 bits per heavy atom. The fourth-order valence-corrected chi connectivity index (χ4v) is 2.93. The van der Waals surface area contributed by atoms with Gasteiger partial charge in [0.05, 0.1) is 0 Å². The van der Waals surface area contributed by atoms with Crippen LogP contribution in [0.15, 0.2) is 30.3 Å². The van der Waals surface area contributed by atoms with Gasteiger partial charge in [-0.3, -0.25) is 0 Å². The smallest absolute Gasteiger partial charge is 0.0414 e. The molecule has 0 heterocycles. The van der Waals surface area contributed by atoms with Crippen molar-refractivity contribution in [1.82, 2.24) is 0 Å². The molecule has 1 aliphatic carbocycles. The molecular formula is C14H21N. The van der Waals surface area contributed by atoms with E-state index in [1.807, 2.05) is 0 Å². The van der Waals surface area contributed by atoms with Crippen LogP contribution in [0.25, 0.3) is 0 Å². The highest BCUT2D eigenvalue weighted by Gasteiger charge is 2.37. The van der Waals surface area contributed by atoms with Crippen molar-refractivity contribution in [3.63, 3.8) is 0 Å². The van der Waals surface area contributed by atoms with Gasteiger partial charge in [0.1, 0.15) is 0 Å². The summed E-state index contributed by atoms with van der Waals surface area (Å²) in [5, 5.41) is 0. The first-order valence-corrected chi connectivity index (χ1v) is 5.86. The van der Waals surface area contributed by atoms with Crippen LogP contribution >= 0.6 is 0 Å². The largest absolute Gasteiger partial charge is 0.321 e. The lowest BCUT2D eigenvalue weighted by Gasteiger charge is -2.43. The monoisotopic (exact) mass is 203 g/mol. The van der Waals surface area contributed by atoms with E-state index in [0.717, 1.165) is 12.8 Å². The lowest BCUT2D eigenvalue weighted by molar-refractivity contribution is 0.151. The topological polar surface area (TPSA) is 26.0 Å². The standard InChI is InChI=1S/C14H21N/c1-13(2)9-6-10-14(15,11-13)12-7-4-3-5-8-12/h3-5,7-8H,6,9-11,15H2,1-2H3. The van der Waals surface area contributed by atoms with Crippen molar-refractivity contribution in [2.24, 2.45) is 11.1 Å². The minimum Gasteiger partial charge on any atom is -0.321 e. The number of hydrogen-bond acceptors (Lipinski definition) is 1. The quantitative estimate of drug-likeness (QED) is 0.743. The molecule has 0 saturated heterocycles. The van der Waals surface area contributed by atoms with E-state index in [1.54, 1.807) is 0 Å².